The van der Waals surface area contributed by atoms with Crippen molar-refractivity contribution < 1.29 is 4.79 Å². The van der Waals surface area contributed by atoms with Crippen LogP contribution in [0.25, 0.3) is 0 Å². The third-order valence-corrected chi connectivity index (χ3v) is 5.53. The molecular formula is C18H32IN5OS. The van der Waals surface area contributed by atoms with Crippen LogP contribution in [0.15, 0.2) is 22.5 Å². The fourth-order valence-corrected chi connectivity index (χ4v) is 4.22. The van der Waals surface area contributed by atoms with Gasteiger partial charge in [0.25, 0.3) is 0 Å². The van der Waals surface area contributed by atoms with Gasteiger partial charge in [-0.2, -0.15) is 0 Å². The number of carbonyl (C=O) groups excluding carboxylic acids is 1. The summed E-state index contributed by atoms with van der Waals surface area (Å²) in [7, 11) is 5.72. The fraction of sp³-hybridized carbons (Fsp3) is 0.667. The minimum absolute atomic E-state index is 0. The average Bonchev–Trinajstić information content (AvgIpc) is 3.11. The summed E-state index contributed by atoms with van der Waals surface area (Å²) < 4.78 is 0. The lowest BCUT2D eigenvalue weighted by atomic mass is 9.88. The van der Waals surface area contributed by atoms with Crippen molar-refractivity contribution in [3.63, 3.8) is 0 Å². The second kappa shape index (κ2) is 11.8. The summed E-state index contributed by atoms with van der Waals surface area (Å²) >= 11 is 1.83. The Hall–Kier alpha value is -0.870. The van der Waals surface area contributed by atoms with Gasteiger partial charge in [0.1, 0.15) is 6.54 Å². The summed E-state index contributed by atoms with van der Waals surface area (Å²) in [6.45, 7) is 4.98. The number of guanidine groups is 1. The molecule has 1 fully saturated rings. The number of nitrogens with one attached hydrogen (secondary N) is 2. The van der Waals surface area contributed by atoms with Gasteiger partial charge in [-0.1, -0.05) is 6.07 Å². The quantitative estimate of drug-likeness (QED) is 0.363. The third-order valence-electron chi connectivity index (χ3n) is 4.59. The van der Waals surface area contributed by atoms with Crippen molar-refractivity contribution in [2.45, 2.75) is 25.8 Å². The van der Waals surface area contributed by atoms with Crippen molar-refractivity contribution in [3.8, 4) is 0 Å². The molecule has 6 nitrogen and oxygen atoms in total. The van der Waals surface area contributed by atoms with Gasteiger partial charge in [0.05, 0.1) is 0 Å². The fourth-order valence-electron chi connectivity index (χ4n) is 3.24. The van der Waals surface area contributed by atoms with Crippen LogP contribution in [0, 0.1) is 5.92 Å². The van der Waals surface area contributed by atoms with E-state index >= 15 is 0 Å². The molecule has 2 rings (SSSR count). The zero-order valence-corrected chi connectivity index (χ0v) is 19.3. The molecule has 0 radical (unpaired) electrons. The highest BCUT2D eigenvalue weighted by Gasteiger charge is 2.31. The number of aliphatic imine (C=N–C) groups is 1. The van der Waals surface area contributed by atoms with Gasteiger partial charge in [-0.25, -0.2) is 4.99 Å². The Labute approximate surface area is 178 Å². The van der Waals surface area contributed by atoms with Crippen LogP contribution in [0.4, 0.5) is 0 Å². The molecular weight excluding hydrogens is 461 g/mol. The van der Waals surface area contributed by atoms with E-state index in [0.717, 1.165) is 25.6 Å². The van der Waals surface area contributed by atoms with Crippen molar-refractivity contribution in [2.75, 3.05) is 47.3 Å². The minimum Gasteiger partial charge on any atom is -0.357 e. The molecule has 2 atom stereocenters. The van der Waals surface area contributed by atoms with E-state index in [9.17, 15) is 4.79 Å². The summed E-state index contributed by atoms with van der Waals surface area (Å²) in [4.78, 5) is 21.6. The van der Waals surface area contributed by atoms with Crippen LogP contribution in [0.5, 0.6) is 0 Å². The highest BCUT2D eigenvalue weighted by molar-refractivity contribution is 14.0. The Morgan fingerprint density at radius 1 is 1.42 bits per heavy atom. The summed E-state index contributed by atoms with van der Waals surface area (Å²) in [5.74, 6) is 1.26. The zero-order chi connectivity index (χ0) is 18.2. The van der Waals surface area contributed by atoms with E-state index < -0.39 is 0 Å². The van der Waals surface area contributed by atoms with E-state index in [0.29, 0.717) is 12.0 Å². The molecule has 2 heterocycles. The Morgan fingerprint density at radius 3 is 2.81 bits per heavy atom. The maximum Gasteiger partial charge on any atom is 0.243 e. The molecule has 148 valence electrons. The molecule has 0 aromatic carbocycles. The zero-order valence-electron chi connectivity index (χ0n) is 16.2. The van der Waals surface area contributed by atoms with Gasteiger partial charge >= 0.3 is 0 Å². The summed E-state index contributed by atoms with van der Waals surface area (Å²) in [5.41, 5.74) is 0. The highest BCUT2D eigenvalue weighted by atomic mass is 127. The predicted octanol–water partition coefficient (Wildman–Crippen LogP) is 2.39. The molecule has 2 N–H and O–H groups in total. The van der Waals surface area contributed by atoms with Crippen molar-refractivity contribution in [1.29, 1.82) is 0 Å². The Kier molecular flexibility index (Phi) is 10.5. The van der Waals surface area contributed by atoms with Gasteiger partial charge in [0, 0.05) is 38.1 Å². The Morgan fingerprint density at radius 2 is 2.19 bits per heavy atom. The second-order valence-electron chi connectivity index (χ2n) is 6.71. The maximum atomic E-state index is 11.8. The van der Waals surface area contributed by atoms with Crippen molar-refractivity contribution in [2.24, 2.45) is 10.9 Å². The monoisotopic (exact) mass is 493 g/mol. The number of rotatable bonds is 6. The Bertz CT molecular complexity index is 564. The minimum atomic E-state index is 0. The number of hydrogen-bond donors (Lipinski definition) is 2. The molecule has 0 saturated carbocycles. The summed E-state index contributed by atoms with van der Waals surface area (Å²) in [6.07, 6.45) is 2.42. The molecule has 1 aromatic heterocycles. The first kappa shape index (κ1) is 23.2. The first-order valence-corrected chi connectivity index (χ1v) is 9.86. The molecule has 1 aliphatic rings. The van der Waals surface area contributed by atoms with E-state index in [-0.39, 0.29) is 36.4 Å². The number of likely N-dealkylation sites (N-methyl/N-ethyl adjacent to an activating group) is 1. The summed E-state index contributed by atoms with van der Waals surface area (Å²) in [5, 5.41) is 8.83. The first-order valence-electron chi connectivity index (χ1n) is 8.99. The smallest absolute Gasteiger partial charge is 0.243 e. The number of hydrogen-bond acceptors (Lipinski definition) is 4. The topological polar surface area (TPSA) is 60.0 Å². The van der Waals surface area contributed by atoms with Crippen molar-refractivity contribution >= 4 is 47.2 Å². The molecule has 1 aromatic rings. The van der Waals surface area contributed by atoms with Gasteiger partial charge in [-0.3, -0.25) is 9.69 Å². The normalized spacial score (nSPS) is 21.0. The number of amides is 1. The van der Waals surface area contributed by atoms with E-state index in [1.54, 1.807) is 19.0 Å². The Balaban J connectivity index is 0.00000338. The standard InChI is InChI=1S/C18H31N5OS.HI/c1-5-19-18(21-13-16(24)22(2)3)20-12-14-8-6-10-23(4)17(14)15-9-7-11-25-15;/h7,9,11,14,17H,5-6,8,10,12-13H2,1-4H3,(H2,19,20,21);1H. The molecule has 1 amide bonds. The van der Waals surface area contributed by atoms with Gasteiger partial charge in [-0.15, -0.1) is 35.3 Å². The number of nitrogens with zero attached hydrogens (tertiary/aromatic N) is 3. The summed E-state index contributed by atoms with van der Waals surface area (Å²) in [6, 6.07) is 4.82. The van der Waals surface area contributed by atoms with Gasteiger partial charge in [-0.05, 0) is 50.7 Å². The van der Waals surface area contributed by atoms with Crippen LogP contribution in [0.1, 0.15) is 30.7 Å². The van der Waals surface area contributed by atoms with Crippen LogP contribution in [0.2, 0.25) is 0 Å². The number of likely N-dealkylation sites (tertiary alicyclic amines) is 1. The molecule has 0 aliphatic carbocycles. The van der Waals surface area contributed by atoms with Gasteiger partial charge in [0.15, 0.2) is 5.96 Å². The van der Waals surface area contributed by atoms with Crippen LogP contribution in [-0.2, 0) is 4.79 Å². The van der Waals surface area contributed by atoms with E-state index in [2.05, 4.69) is 45.1 Å². The molecule has 26 heavy (non-hydrogen) atoms. The van der Waals surface area contributed by atoms with E-state index in [4.69, 9.17) is 0 Å². The number of thiophene rings is 1. The molecule has 0 bridgehead atoms. The molecule has 2 unspecified atom stereocenters. The molecule has 8 heteroatoms. The first-order chi connectivity index (χ1) is 12.0. The average molecular weight is 493 g/mol. The molecule has 0 spiro atoms. The van der Waals surface area contributed by atoms with Crippen LogP contribution in [0.3, 0.4) is 0 Å². The van der Waals surface area contributed by atoms with Crippen molar-refractivity contribution in [3.05, 3.63) is 22.4 Å². The van der Waals surface area contributed by atoms with Crippen LogP contribution < -0.4 is 10.6 Å². The number of carbonyl (C=O) groups is 1. The number of halogens is 1. The molecule has 1 saturated heterocycles. The second-order valence-corrected chi connectivity index (χ2v) is 7.69. The molecule has 1 aliphatic heterocycles. The van der Waals surface area contributed by atoms with Crippen LogP contribution >= 0.6 is 35.3 Å². The SMILES string of the molecule is CCNC(=NCC(=O)N(C)C)NCC1CCCN(C)C1c1cccs1.I. The largest absolute Gasteiger partial charge is 0.357 e. The third kappa shape index (κ3) is 6.70. The predicted molar refractivity (Wildman–Crippen MR) is 121 cm³/mol. The van der Waals surface area contributed by atoms with Crippen LogP contribution in [-0.4, -0.2) is 69.0 Å². The van der Waals surface area contributed by atoms with E-state index in [1.165, 1.54) is 17.7 Å². The lowest BCUT2D eigenvalue weighted by Crippen LogP contribution is -2.45. The lowest BCUT2D eigenvalue weighted by Gasteiger charge is -2.39. The number of piperidine rings is 1. The lowest BCUT2D eigenvalue weighted by molar-refractivity contribution is -0.127. The maximum absolute atomic E-state index is 11.8. The van der Waals surface area contributed by atoms with E-state index in [1.807, 2.05) is 18.3 Å². The van der Waals surface area contributed by atoms with Gasteiger partial charge in [0.2, 0.25) is 5.91 Å². The van der Waals surface area contributed by atoms with Crippen molar-refractivity contribution in [1.82, 2.24) is 20.4 Å². The van der Waals surface area contributed by atoms with Gasteiger partial charge < -0.3 is 15.5 Å². The highest BCUT2D eigenvalue weighted by Crippen LogP contribution is 2.36.